The fourth-order valence-corrected chi connectivity index (χ4v) is 2.34. The van der Waals surface area contributed by atoms with Crippen LogP contribution in [0.3, 0.4) is 0 Å². The van der Waals surface area contributed by atoms with Crippen LogP contribution in [0.5, 0.6) is 0 Å². The van der Waals surface area contributed by atoms with Crippen LogP contribution in [0, 0.1) is 13.8 Å². The molecule has 1 atom stereocenters. The van der Waals surface area contributed by atoms with E-state index in [0.717, 1.165) is 25.1 Å². The molecule has 106 valence electrons. The number of nitrogens with one attached hydrogen (secondary N) is 1. The van der Waals surface area contributed by atoms with E-state index in [1.165, 1.54) is 16.7 Å². The third kappa shape index (κ3) is 4.17. The fourth-order valence-electron chi connectivity index (χ4n) is 2.34. The first-order chi connectivity index (χ1) is 9.69. The average molecular weight is 268 g/mol. The van der Waals surface area contributed by atoms with Gasteiger partial charge >= 0.3 is 0 Å². The summed E-state index contributed by atoms with van der Waals surface area (Å²) in [6.45, 7) is 7.45. The van der Waals surface area contributed by atoms with Crippen molar-refractivity contribution >= 4 is 0 Å². The Labute approximate surface area is 122 Å². The van der Waals surface area contributed by atoms with Crippen molar-refractivity contribution in [3.05, 3.63) is 65.0 Å². The maximum Gasteiger partial charge on any atom is 0.0422 e. The zero-order valence-electron chi connectivity index (χ0n) is 12.7. The number of aromatic nitrogens is 1. The first kappa shape index (κ1) is 14.7. The smallest absolute Gasteiger partial charge is 0.0422 e. The molecule has 0 aliphatic rings. The zero-order chi connectivity index (χ0) is 14.4. The maximum atomic E-state index is 4.53. The van der Waals surface area contributed by atoms with Crippen molar-refractivity contribution in [2.45, 2.75) is 39.7 Å². The molecule has 2 rings (SSSR count). The maximum absolute atomic E-state index is 4.53. The standard InChI is InChI=1S/C18H24N2/c1-4-10-19-18(16-7-5-6-14(2)11-16)12-17-9-8-15(3)13-20-17/h5-9,11,13,18-19H,4,10,12H2,1-3H3. The number of hydrogen-bond acceptors (Lipinski definition) is 2. The lowest BCUT2D eigenvalue weighted by Crippen LogP contribution is -2.24. The Kier molecular flexibility index (Phi) is 5.31. The summed E-state index contributed by atoms with van der Waals surface area (Å²) in [6, 6.07) is 13.3. The second kappa shape index (κ2) is 7.20. The van der Waals surface area contributed by atoms with Gasteiger partial charge in [0, 0.05) is 24.4 Å². The van der Waals surface area contributed by atoms with Gasteiger partial charge in [-0.25, -0.2) is 0 Å². The number of benzene rings is 1. The molecule has 0 amide bonds. The molecule has 0 saturated heterocycles. The lowest BCUT2D eigenvalue weighted by Gasteiger charge is -2.19. The summed E-state index contributed by atoms with van der Waals surface area (Å²) in [4.78, 5) is 4.53. The van der Waals surface area contributed by atoms with Gasteiger partial charge in [0.2, 0.25) is 0 Å². The Bertz CT molecular complexity index is 531. The van der Waals surface area contributed by atoms with Crippen LogP contribution in [0.2, 0.25) is 0 Å². The van der Waals surface area contributed by atoms with Crippen LogP contribution in [-0.2, 0) is 6.42 Å². The molecule has 0 saturated carbocycles. The van der Waals surface area contributed by atoms with Gasteiger partial charge in [0.25, 0.3) is 0 Å². The van der Waals surface area contributed by atoms with E-state index >= 15 is 0 Å². The zero-order valence-corrected chi connectivity index (χ0v) is 12.7. The Morgan fingerprint density at radius 3 is 2.60 bits per heavy atom. The van der Waals surface area contributed by atoms with Crippen LogP contribution in [0.25, 0.3) is 0 Å². The molecule has 2 aromatic rings. The topological polar surface area (TPSA) is 24.9 Å². The Balaban J connectivity index is 2.16. The van der Waals surface area contributed by atoms with Crippen molar-refractivity contribution in [3.8, 4) is 0 Å². The average Bonchev–Trinajstić information content (AvgIpc) is 2.45. The molecule has 1 aromatic carbocycles. The van der Waals surface area contributed by atoms with Crippen LogP contribution in [0.1, 0.15) is 41.8 Å². The second-order valence-electron chi connectivity index (χ2n) is 5.45. The summed E-state index contributed by atoms with van der Waals surface area (Å²) < 4.78 is 0. The van der Waals surface area contributed by atoms with Crippen LogP contribution < -0.4 is 5.32 Å². The monoisotopic (exact) mass is 268 g/mol. The van der Waals surface area contributed by atoms with Gasteiger partial charge in [-0.3, -0.25) is 4.98 Å². The summed E-state index contributed by atoms with van der Waals surface area (Å²) in [7, 11) is 0. The lowest BCUT2D eigenvalue weighted by molar-refractivity contribution is 0.524. The lowest BCUT2D eigenvalue weighted by atomic mass is 9.99. The largest absolute Gasteiger partial charge is 0.310 e. The van der Waals surface area contributed by atoms with Gasteiger partial charge < -0.3 is 5.32 Å². The molecule has 0 aliphatic carbocycles. The van der Waals surface area contributed by atoms with Gasteiger partial charge in [0.05, 0.1) is 0 Å². The van der Waals surface area contributed by atoms with E-state index in [1.54, 1.807) is 0 Å². The van der Waals surface area contributed by atoms with Crippen molar-refractivity contribution in [2.24, 2.45) is 0 Å². The van der Waals surface area contributed by atoms with E-state index < -0.39 is 0 Å². The Morgan fingerprint density at radius 2 is 1.95 bits per heavy atom. The highest BCUT2D eigenvalue weighted by Gasteiger charge is 2.12. The van der Waals surface area contributed by atoms with Crippen molar-refractivity contribution < 1.29 is 0 Å². The van der Waals surface area contributed by atoms with Crippen LogP contribution >= 0.6 is 0 Å². The first-order valence-electron chi connectivity index (χ1n) is 7.40. The summed E-state index contributed by atoms with van der Waals surface area (Å²) in [6.07, 6.45) is 4.02. The molecule has 0 bridgehead atoms. The van der Waals surface area contributed by atoms with E-state index in [9.17, 15) is 0 Å². The van der Waals surface area contributed by atoms with Crippen LogP contribution in [0.4, 0.5) is 0 Å². The molecule has 20 heavy (non-hydrogen) atoms. The van der Waals surface area contributed by atoms with E-state index in [-0.39, 0.29) is 0 Å². The third-order valence-corrected chi connectivity index (χ3v) is 3.47. The number of pyridine rings is 1. The number of nitrogens with zero attached hydrogens (tertiary/aromatic N) is 1. The van der Waals surface area contributed by atoms with Gasteiger partial charge in [-0.15, -0.1) is 0 Å². The minimum absolute atomic E-state index is 0.338. The third-order valence-electron chi connectivity index (χ3n) is 3.47. The molecule has 0 aliphatic heterocycles. The van der Waals surface area contributed by atoms with Gasteiger partial charge in [0.1, 0.15) is 0 Å². The SMILES string of the molecule is CCCNC(Cc1ccc(C)cn1)c1cccc(C)c1. The fraction of sp³-hybridized carbons (Fsp3) is 0.389. The molecule has 0 radical (unpaired) electrons. The highest BCUT2D eigenvalue weighted by atomic mass is 14.9. The van der Waals surface area contributed by atoms with Gasteiger partial charge in [0.15, 0.2) is 0 Å². The van der Waals surface area contributed by atoms with Crippen molar-refractivity contribution in [1.29, 1.82) is 0 Å². The molecule has 1 N–H and O–H groups in total. The molecule has 1 aromatic heterocycles. The predicted octanol–water partition coefficient (Wildman–Crippen LogP) is 3.98. The van der Waals surface area contributed by atoms with Crippen LogP contribution in [-0.4, -0.2) is 11.5 Å². The number of aryl methyl sites for hydroxylation is 2. The van der Waals surface area contributed by atoms with E-state index in [0.29, 0.717) is 6.04 Å². The number of hydrogen-bond donors (Lipinski definition) is 1. The Hall–Kier alpha value is -1.67. The summed E-state index contributed by atoms with van der Waals surface area (Å²) in [5.74, 6) is 0. The quantitative estimate of drug-likeness (QED) is 0.857. The molecule has 2 nitrogen and oxygen atoms in total. The molecule has 1 heterocycles. The van der Waals surface area contributed by atoms with Crippen molar-refractivity contribution in [3.63, 3.8) is 0 Å². The van der Waals surface area contributed by atoms with Crippen LogP contribution in [0.15, 0.2) is 42.6 Å². The minimum Gasteiger partial charge on any atom is -0.310 e. The van der Waals surface area contributed by atoms with Gasteiger partial charge in [-0.1, -0.05) is 42.8 Å². The minimum atomic E-state index is 0.338. The number of rotatable bonds is 6. The van der Waals surface area contributed by atoms with E-state index in [2.05, 4.69) is 67.5 Å². The van der Waals surface area contributed by atoms with E-state index in [4.69, 9.17) is 0 Å². The second-order valence-corrected chi connectivity index (χ2v) is 5.45. The summed E-state index contributed by atoms with van der Waals surface area (Å²) in [5, 5.41) is 3.64. The van der Waals surface area contributed by atoms with Crippen molar-refractivity contribution in [2.75, 3.05) is 6.54 Å². The predicted molar refractivity (Wildman–Crippen MR) is 84.9 cm³/mol. The molecular formula is C18H24N2. The molecule has 0 spiro atoms. The van der Waals surface area contributed by atoms with Gasteiger partial charge in [-0.05, 0) is 44.0 Å². The van der Waals surface area contributed by atoms with Crippen molar-refractivity contribution in [1.82, 2.24) is 10.3 Å². The van der Waals surface area contributed by atoms with E-state index in [1.807, 2.05) is 6.20 Å². The molecule has 1 unspecified atom stereocenters. The van der Waals surface area contributed by atoms with Gasteiger partial charge in [-0.2, -0.15) is 0 Å². The summed E-state index contributed by atoms with van der Waals surface area (Å²) >= 11 is 0. The molecule has 0 fully saturated rings. The highest BCUT2D eigenvalue weighted by molar-refractivity contribution is 5.26. The molecule has 2 heteroatoms. The highest BCUT2D eigenvalue weighted by Crippen LogP contribution is 2.19. The summed E-state index contributed by atoms with van der Waals surface area (Å²) in [5.41, 5.74) is 5.01. The molecular weight excluding hydrogens is 244 g/mol. The Morgan fingerprint density at radius 1 is 1.10 bits per heavy atom. The first-order valence-corrected chi connectivity index (χ1v) is 7.40. The normalized spacial score (nSPS) is 12.3.